The van der Waals surface area contributed by atoms with Crippen LogP contribution in [0.2, 0.25) is 0 Å². The fourth-order valence-electron chi connectivity index (χ4n) is 3.66. The first-order valence-electron chi connectivity index (χ1n) is 7.11. The molecular weight excluding hydrogens is 258 g/mol. The van der Waals surface area contributed by atoms with Gasteiger partial charge >= 0.3 is 0 Å². The van der Waals surface area contributed by atoms with E-state index < -0.39 is 6.43 Å². The third-order valence-electron chi connectivity index (χ3n) is 4.64. The monoisotopic (exact) mass is 278 g/mol. The minimum Gasteiger partial charge on any atom is -0.371 e. The zero-order chi connectivity index (χ0) is 14.6. The minimum absolute atomic E-state index is 0.158. The molecule has 1 aliphatic heterocycles. The summed E-state index contributed by atoms with van der Waals surface area (Å²) in [6.07, 6.45) is -1.48. The molecule has 0 atom stereocenters. The molecule has 0 saturated heterocycles. The van der Waals surface area contributed by atoms with Crippen LogP contribution in [0.5, 0.6) is 0 Å². The van der Waals surface area contributed by atoms with Gasteiger partial charge < -0.3 is 9.47 Å². The molecule has 2 aromatic rings. The summed E-state index contributed by atoms with van der Waals surface area (Å²) < 4.78 is 28.4. The lowest BCUT2D eigenvalue weighted by molar-refractivity contribution is 0.141. The molecule has 0 fully saturated rings. The van der Waals surface area contributed by atoms with Crippen LogP contribution in [-0.4, -0.2) is 18.2 Å². The zero-order valence-electron chi connectivity index (χ0n) is 12.4. The molecule has 2 nitrogen and oxygen atoms in total. The molecular formula is C16H20F2N2. The summed E-state index contributed by atoms with van der Waals surface area (Å²) in [5, 5.41) is 0.990. The quantitative estimate of drug-likeness (QED) is 0.799. The van der Waals surface area contributed by atoms with E-state index in [-0.39, 0.29) is 5.69 Å². The molecule has 4 heteroatoms. The van der Waals surface area contributed by atoms with Crippen LogP contribution in [0.3, 0.4) is 0 Å². The number of benzene rings is 1. The van der Waals surface area contributed by atoms with Crippen LogP contribution in [-0.2, 0) is 13.0 Å². The van der Waals surface area contributed by atoms with Crippen molar-refractivity contribution >= 4 is 16.6 Å². The van der Waals surface area contributed by atoms with Crippen LogP contribution in [0.4, 0.5) is 14.5 Å². The molecule has 0 aliphatic carbocycles. The van der Waals surface area contributed by atoms with Gasteiger partial charge in [-0.25, -0.2) is 8.78 Å². The van der Waals surface area contributed by atoms with Gasteiger partial charge in [-0.1, -0.05) is 6.92 Å². The second-order valence-electron chi connectivity index (χ2n) is 5.64. The van der Waals surface area contributed by atoms with Crippen LogP contribution in [0.15, 0.2) is 6.07 Å². The predicted octanol–water partition coefficient (Wildman–Crippen LogP) is 4.21. The van der Waals surface area contributed by atoms with Crippen LogP contribution < -0.4 is 4.90 Å². The van der Waals surface area contributed by atoms with E-state index in [1.165, 1.54) is 11.1 Å². The summed E-state index contributed by atoms with van der Waals surface area (Å²) in [5.41, 5.74) is 5.95. The van der Waals surface area contributed by atoms with Crippen LogP contribution in [0.25, 0.3) is 10.9 Å². The molecule has 0 bridgehead atoms. The van der Waals surface area contributed by atoms with Crippen molar-refractivity contribution in [2.45, 2.75) is 40.2 Å². The van der Waals surface area contributed by atoms with Gasteiger partial charge in [0.2, 0.25) is 0 Å². The standard InChI is InChI=1S/C16H20F2N2/c1-5-11-9(2)12-8-13(16(17)18)20-7-6-19(4)14(10(11)3)15(12)20/h8,16H,5-7H2,1-4H3. The van der Waals surface area contributed by atoms with Crippen molar-refractivity contribution in [1.82, 2.24) is 4.57 Å². The fourth-order valence-corrected chi connectivity index (χ4v) is 3.66. The third kappa shape index (κ3) is 1.60. The highest BCUT2D eigenvalue weighted by molar-refractivity contribution is 5.98. The number of hydrogen-bond donors (Lipinski definition) is 0. The second kappa shape index (κ2) is 4.47. The van der Waals surface area contributed by atoms with E-state index in [4.69, 9.17) is 0 Å². The van der Waals surface area contributed by atoms with Gasteiger partial charge in [0.25, 0.3) is 6.43 Å². The normalized spacial score (nSPS) is 14.7. The predicted molar refractivity (Wildman–Crippen MR) is 79.0 cm³/mol. The Morgan fingerprint density at radius 3 is 2.50 bits per heavy atom. The van der Waals surface area contributed by atoms with Gasteiger partial charge in [0.15, 0.2) is 0 Å². The average molecular weight is 278 g/mol. The zero-order valence-corrected chi connectivity index (χ0v) is 12.4. The molecule has 1 aromatic carbocycles. The Hall–Kier alpha value is -1.58. The summed E-state index contributed by atoms with van der Waals surface area (Å²) in [4.78, 5) is 2.20. The van der Waals surface area contributed by atoms with E-state index in [2.05, 4.69) is 32.7 Å². The van der Waals surface area contributed by atoms with Crippen molar-refractivity contribution in [3.8, 4) is 0 Å². The number of alkyl halides is 2. The number of anilines is 1. The molecule has 20 heavy (non-hydrogen) atoms. The highest BCUT2D eigenvalue weighted by atomic mass is 19.3. The molecule has 0 saturated carbocycles. The SMILES string of the molecule is CCc1c(C)c2c3c(cc(C(F)F)n3CCN2C)c1C. The molecule has 1 aliphatic rings. The number of halogens is 2. The minimum atomic E-state index is -2.41. The van der Waals surface area contributed by atoms with Gasteiger partial charge in [-0.3, -0.25) is 0 Å². The summed E-state index contributed by atoms with van der Waals surface area (Å²) in [5.74, 6) is 0. The number of rotatable bonds is 2. The van der Waals surface area contributed by atoms with Crippen LogP contribution >= 0.6 is 0 Å². The Morgan fingerprint density at radius 2 is 1.90 bits per heavy atom. The molecule has 3 rings (SSSR count). The summed E-state index contributed by atoms with van der Waals surface area (Å²) in [6, 6.07) is 1.69. The molecule has 0 radical (unpaired) electrons. The first kappa shape index (κ1) is 13.4. The van der Waals surface area contributed by atoms with Crippen molar-refractivity contribution in [2.75, 3.05) is 18.5 Å². The second-order valence-corrected chi connectivity index (χ2v) is 5.64. The van der Waals surface area contributed by atoms with E-state index in [0.717, 1.165) is 35.1 Å². The number of nitrogens with zero attached hydrogens (tertiary/aromatic N) is 2. The van der Waals surface area contributed by atoms with E-state index in [9.17, 15) is 8.78 Å². The highest BCUT2D eigenvalue weighted by Crippen LogP contribution is 2.41. The van der Waals surface area contributed by atoms with Crippen molar-refractivity contribution in [3.05, 3.63) is 28.5 Å². The Morgan fingerprint density at radius 1 is 1.20 bits per heavy atom. The maximum absolute atomic E-state index is 13.3. The number of aryl methyl sites for hydroxylation is 1. The average Bonchev–Trinajstić information content (AvgIpc) is 2.78. The van der Waals surface area contributed by atoms with Crippen molar-refractivity contribution < 1.29 is 8.78 Å². The van der Waals surface area contributed by atoms with Crippen molar-refractivity contribution in [1.29, 1.82) is 0 Å². The van der Waals surface area contributed by atoms with E-state index in [1.807, 2.05) is 4.57 Å². The molecule has 0 N–H and O–H groups in total. The maximum Gasteiger partial charge on any atom is 0.278 e. The lowest BCUT2D eigenvalue weighted by Crippen LogP contribution is -2.29. The smallest absolute Gasteiger partial charge is 0.278 e. The van der Waals surface area contributed by atoms with Gasteiger partial charge in [0.05, 0.1) is 16.9 Å². The summed E-state index contributed by atoms with van der Waals surface area (Å²) >= 11 is 0. The van der Waals surface area contributed by atoms with Gasteiger partial charge in [-0.15, -0.1) is 0 Å². The Bertz CT molecular complexity index is 686. The molecule has 0 spiro atoms. The number of likely N-dealkylation sites (N-methyl/N-ethyl adjacent to an activating group) is 1. The van der Waals surface area contributed by atoms with Gasteiger partial charge in [-0.05, 0) is 43.0 Å². The Labute approximate surface area is 118 Å². The molecule has 0 unspecified atom stereocenters. The van der Waals surface area contributed by atoms with E-state index in [1.54, 1.807) is 6.07 Å². The Balaban J connectivity index is 2.49. The molecule has 2 heterocycles. The summed E-state index contributed by atoms with van der Waals surface area (Å²) in [6.45, 7) is 7.71. The first-order chi connectivity index (χ1) is 9.47. The first-order valence-corrected chi connectivity index (χ1v) is 7.11. The summed E-state index contributed by atoms with van der Waals surface area (Å²) in [7, 11) is 2.05. The van der Waals surface area contributed by atoms with E-state index >= 15 is 0 Å². The lowest BCUT2D eigenvalue weighted by atomic mass is 9.94. The maximum atomic E-state index is 13.3. The molecule has 0 amide bonds. The van der Waals surface area contributed by atoms with Crippen LogP contribution in [0, 0.1) is 13.8 Å². The van der Waals surface area contributed by atoms with Gasteiger partial charge in [0.1, 0.15) is 0 Å². The molecule has 108 valence electrons. The Kier molecular flexibility index (Phi) is 3.00. The molecule has 1 aromatic heterocycles. The lowest BCUT2D eigenvalue weighted by Gasteiger charge is -2.31. The van der Waals surface area contributed by atoms with Crippen molar-refractivity contribution in [3.63, 3.8) is 0 Å². The van der Waals surface area contributed by atoms with E-state index in [0.29, 0.717) is 6.54 Å². The highest BCUT2D eigenvalue weighted by Gasteiger charge is 2.27. The number of aromatic nitrogens is 1. The van der Waals surface area contributed by atoms with Crippen molar-refractivity contribution in [2.24, 2.45) is 0 Å². The largest absolute Gasteiger partial charge is 0.371 e. The topological polar surface area (TPSA) is 8.17 Å². The number of hydrogen-bond acceptors (Lipinski definition) is 1. The van der Waals surface area contributed by atoms with Gasteiger partial charge in [0, 0.05) is 25.5 Å². The van der Waals surface area contributed by atoms with Gasteiger partial charge in [-0.2, -0.15) is 0 Å². The fraction of sp³-hybridized carbons (Fsp3) is 0.500. The third-order valence-corrected chi connectivity index (χ3v) is 4.64. The van der Waals surface area contributed by atoms with Crippen LogP contribution in [0.1, 0.15) is 35.7 Å².